The van der Waals surface area contributed by atoms with Crippen LogP contribution in [-0.4, -0.2) is 31.9 Å². The third kappa shape index (κ3) is 3.81. The van der Waals surface area contributed by atoms with E-state index < -0.39 is 9.84 Å². The predicted octanol–water partition coefficient (Wildman–Crippen LogP) is 0.984. The van der Waals surface area contributed by atoms with Crippen LogP contribution >= 0.6 is 11.3 Å². The molecule has 2 heterocycles. The molecule has 6 heteroatoms. The van der Waals surface area contributed by atoms with Gasteiger partial charge in [0, 0.05) is 12.5 Å². The molecule has 1 saturated heterocycles. The lowest BCUT2D eigenvalue weighted by Crippen LogP contribution is -2.35. The third-order valence-electron chi connectivity index (χ3n) is 2.82. The number of rotatable bonds is 4. The molecule has 0 saturated carbocycles. The van der Waals surface area contributed by atoms with Gasteiger partial charge in [0.1, 0.15) is 0 Å². The first-order chi connectivity index (χ1) is 8.05. The van der Waals surface area contributed by atoms with Crippen molar-refractivity contribution in [3.8, 4) is 0 Å². The fourth-order valence-corrected chi connectivity index (χ4v) is 4.28. The number of aryl methyl sites for hydroxylation is 1. The minimum Gasteiger partial charge on any atom is -0.352 e. The SMILES string of the molecule is O=C(CCc1ccsc1)NC1CCS(=O)(=O)C1. The normalized spacial score (nSPS) is 22.5. The molecule has 1 atom stereocenters. The minimum atomic E-state index is -2.91. The Kier molecular flexibility index (Phi) is 3.83. The zero-order chi connectivity index (χ0) is 12.3. The van der Waals surface area contributed by atoms with E-state index in [4.69, 9.17) is 0 Å². The van der Waals surface area contributed by atoms with Crippen molar-refractivity contribution in [2.24, 2.45) is 0 Å². The first-order valence-electron chi connectivity index (χ1n) is 5.56. The lowest BCUT2D eigenvalue weighted by molar-refractivity contribution is -0.121. The highest BCUT2D eigenvalue weighted by Crippen LogP contribution is 2.12. The maximum atomic E-state index is 11.6. The molecule has 0 aromatic carbocycles. The monoisotopic (exact) mass is 273 g/mol. The van der Waals surface area contributed by atoms with Gasteiger partial charge in [0.25, 0.3) is 0 Å². The van der Waals surface area contributed by atoms with Crippen LogP contribution in [0.4, 0.5) is 0 Å². The van der Waals surface area contributed by atoms with Crippen molar-refractivity contribution in [1.82, 2.24) is 5.32 Å². The molecule has 0 aliphatic carbocycles. The van der Waals surface area contributed by atoms with E-state index in [1.54, 1.807) is 11.3 Å². The van der Waals surface area contributed by atoms with Crippen LogP contribution in [-0.2, 0) is 21.1 Å². The number of hydrogen-bond acceptors (Lipinski definition) is 4. The topological polar surface area (TPSA) is 63.2 Å². The zero-order valence-corrected chi connectivity index (χ0v) is 11.0. The summed E-state index contributed by atoms with van der Waals surface area (Å²) < 4.78 is 22.4. The molecule has 1 amide bonds. The molecule has 1 unspecified atom stereocenters. The van der Waals surface area contributed by atoms with Crippen LogP contribution in [0.5, 0.6) is 0 Å². The van der Waals surface area contributed by atoms with Crippen LogP contribution in [0, 0.1) is 0 Å². The Morgan fingerprint density at radius 2 is 2.35 bits per heavy atom. The van der Waals surface area contributed by atoms with Crippen LogP contribution in [0.1, 0.15) is 18.4 Å². The fourth-order valence-electron chi connectivity index (χ4n) is 1.90. The second-order valence-electron chi connectivity index (χ2n) is 4.30. The van der Waals surface area contributed by atoms with Gasteiger partial charge in [-0.25, -0.2) is 8.42 Å². The van der Waals surface area contributed by atoms with E-state index in [1.165, 1.54) is 0 Å². The molecule has 17 heavy (non-hydrogen) atoms. The van der Waals surface area contributed by atoms with Gasteiger partial charge in [-0.15, -0.1) is 0 Å². The standard InChI is InChI=1S/C11H15NO3S2/c13-11(2-1-9-3-5-16-7-9)12-10-4-6-17(14,15)8-10/h3,5,7,10H,1-2,4,6,8H2,(H,12,13). The highest BCUT2D eigenvalue weighted by atomic mass is 32.2. The Morgan fingerprint density at radius 1 is 1.53 bits per heavy atom. The van der Waals surface area contributed by atoms with Crippen LogP contribution in [0.2, 0.25) is 0 Å². The van der Waals surface area contributed by atoms with Crippen molar-refractivity contribution in [1.29, 1.82) is 0 Å². The number of carbonyl (C=O) groups is 1. The molecular weight excluding hydrogens is 258 g/mol. The molecule has 1 aliphatic heterocycles. The summed E-state index contributed by atoms with van der Waals surface area (Å²) in [7, 11) is -2.91. The third-order valence-corrected chi connectivity index (χ3v) is 5.32. The van der Waals surface area contributed by atoms with Gasteiger partial charge in [-0.3, -0.25) is 4.79 Å². The van der Waals surface area contributed by atoms with Gasteiger partial charge in [-0.2, -0.15) is 11.3 Å². The fraction of sp³-hybridized carbons (Fsp3) is 0.545. The van der Waals surface area contributed by atoms with E-state index in [1.807, 2.05) is 16.8 Å². The Hall–Kier alpha value is -0.880. The van der Waals surface area contributed by atoms with E-state index in [0.717, 1.165) is 12.0 Å². The summed E-state index contributed by atoms with van der Waals surface area (Å²) in [5.41, 5.74) is 1.16. The summed E-state index contributed by atoms with van der Waals surface area (Å²) in [4.78, 5) is 11.6. The van der Waals surface area contributed by atoms with Crippen molar-refractivity contribution >= 4 is 27.1 Å². The van der Waals surface area contributed by atoms with Gasteiger partial charge in [0.05, 0.1) is 11.5 Å². The number of sulfone groups is 1. The second-order valence-corrected chi connectivity index (χ2v) is 7.31. The molecule has 0 spiro atoms. The molecule has 1 fully saturated rings. The molecule has 0 bridgehead atoms. The molecule has 1 aliphatic rings. The van der Waals surface area contributed by atoms with Crippen molar-refractivity contribution in [2.75, 3.05) is 11.5 Å². The first-order valence-corrected chi connectivity index (χ1v) is 8.32. The molecule has 1 aromatic heterocycles. The predicted molar refractivity (Wildman–Crippen MR) is 67.8 cm³/mol. The van der Waals surface area contributed by atoms with Crippen molar-refractivity contribution < 1.29 is 13.2 Å². The highest BCUT2D eigenvalue weighted by Gasteiger charge is 2.28. The molecule has 4 nitrogen and oxygen atoms in total. The van der Waals surface area contributed by atoms with Gasteiger partial charge in [-0.05, 0) is 35.2 Å². The Labute approximate surface area is 105 Å². The summed E-state index contributed by atoms with van der Waals surface area (Å²) in [6.07, 6.45) is 1.69. The van der Waals surface area contributed by atoms with E-state index in [9.17, 15) is 13.2 Å². The number of thiophene rings is 1. The Morgan fingerprint density at radius 3 is 2.94 bits per heavy atom. The van der Waals surface area contributed by atoms with Gasteiger partial charge < -0.3 is 5.32 Å². The summed E-state index contributed by atoms with van der Waals surface area (Å²) in [6.45, 7) is 0. The number of carbonyl (C=O) groups excluding carboxylic acids is 1. The van der Waals surface area contributed by atoms with E-state index >= 15 is 0 Å². The van der Waals surface area contributed by atoms with E-state index in [2.05, 4.69) is 5.32 Å². The average Bonchev–Trinajstić information content (AvgIpc) is 2.85. The van der Waals surface area contributed by atoms with Crippen LogP contribution in [0.15, 0.2) is 16.8 Å². The molecule has 94 valence electrons. The van der Waals surface area contributed by atoms with Crippen molar-refractivity contribution in [3.05, 3.63) is 22.4 Å². The van der Waals surface area contributed by atoms with Crippen molar-refractivity contribution in [2.45, 2.75) is 25.3 Å². The smallest absolute Gasteiger partial charge is 0.220 e. The molecule has 0 radical (unpaired) electrons. The Balaban J connectivity index is 1.75. The van der Waals surface area contributed by atoms with Gasteiger partial charge in [0.15, 0.2) is 9.84 Å². The van der Waals surface area contributed by atoms with Crippen LogP contribution in [0.3, 0.4) is 0 Å². The zero-order valence-electron chi connectivity index (χ0n) is 9.39. The number of hydrogen-bond donors (Lipinski definition) is 1. The van der Waals surface area contributed by atoms with E-state index in [0.29, 0.717) is 12.8 Å². The average molecular weight is 273 g/mol. The largest absolute Gasteiger partial charge is 0.352 e. The number of nitrogens with one attached hydrogen (secondary N) is 1. The Bertz CT molecular complexity index is 479. The molecule has 1 aromatic rings. The van der Waals surface area contributed by atoms with Gasteiger partial charge in [0.2, 0.25) is 5.91 Å². The highest BCUT2D eigenvalue weighted by molar-refractivity contribution is 7.91. The van der Waals surface area contributed by atoms with Crippen LogP contribution in [0.25, 0.3) is 0 Å². The quantitative estimate of drug-likeness (QED) is 0.889. The van der Waals surface area contributed by atoms with Gasteiger partial charge >= 0.3 is 0 Å². The molecular formula is C11H15NO3S2. The maximum absolute atomic E-state index is 11.6. The van der Waals surface area contributed by atoms with E-state index in [-0.39, 0.29) is 23.5 Å². The van der Waals surface area contributed by atoms with Gasteiger partial charge in [-0.1, -0.05) is 0 Å². The minimum absolute atomic E-state index is 0.0571. The van der Waals surface area contributed by atoms with Crippen molar-refractivity contribution in [3.63, 3.8) is 0 Å². The molecule has 2 rings (SSSR count). The summed E-state index contributed by atoms with van der Waals surface area (Å²) in [5, 5.41) is 6.79. The lowest BCUT2D eigenvalue weighted by Gasteiger charge is -2.10. The number of amides is 1. The maximum Gasteiger partial charge on any atom is 0.220 e. The lowest BCUT2D eigenvalue weighted by atomic mass is 10.2. The second kappa shape index (κ2) is 5.18. The molecule has 1 N–H and O–H groups in total. The summed E-state index contributed by atoms with van der Waals surface area (Å²) >= 11 is 1.61. The van der Waals surface area contributed by atoms with Crippen LogP contribution < -0.4 is 5.32 Å². The first kappa shape index (κ1) is 12.6. The summed E-state index contributed by atoms with van der Waals surface area (Å²) in [6, 6.07) is 1.81. The summed E-state index contributed by atoms with van der Waals surface area (Å²) in [5.74, 6) is 0.234.